The second-order valence-corrected chi connectivity index (χ2v) is 9.26. The van der Waals surface area contributed by atoms with Crippen LogP contribution >= 0.6 is 0 Å². The summed E-state index contributed by atoms with van der Waals surface area (Å²) < 4.78 is 39.9. The first-order valence-corrected chi connectivity index (χ1v) is 11.3. The number of hydrogen-bond donors (Lipinski definition) is 1. The van der Waals surface area contributed by atoms with E-state index in [4.69, 9.17) is 0 Å². The Hall–Kier alpha value is -2.04. The molecule has 29 heavy (non-hydrogen) atoms. The number of nitrogens with zero attached hydrogens (tertiary/aromatic N) is 3. The molecule has 0 unspecified atom stereocenters. The molecule has 0 aliphatic carbocycles. The lowest BCUT2D eigenvalue weighted by Crippen LogP contribution is -2.51. The first-order valence-electron chi connectivity index (χ1n) is 9.89. The second kappa shape index (κ2) is 9.64. The molecule has 0 saturated carbocycles. The Morgan fingerprint density at radius 2 is 1.90 bits per heavy atom. The van der Waals surface area contributed by atoms with E-state index < -0.39 is 15.8 Å². The van der Waals surface area contributed by atoms with Crippen molar-refractivity contribution in [2.75, 3.05) is 52.4 Å². The Morgan fingerprint density at radius 3 is 2.55 bits per heavy atom. The van der Waals surface area contributed by atoms with Gasteiger partial charge in [-0.1, -0.05) is 6.07 Å². The maximum Gasteiger partial charge on any atom is 0.243 e. The van der Waals surface area contributed by atoms with E-state index in [2.05, 4.69) is 5.32 Å². The number of hydrogen-bond acceptors (Lipinski definition) is 5. The second-order valence-electron chi connectivity index (χ2n) is 7.33. The molecule has 1 aromatic carbocycles. The highest BCUT2D eigenvalue weighted by atomic mass is 32.2. The molecular weight excluding hydrogens is 399 g/mol. The lowest BCUT2D eigenvalue weighted by atomic mass is 10.3. The molecular formula is C19H27FN4O4S. The highest BCUT2D eigenvalue weighted by Gasteiger charge is 2.29. The molecule has 1 N–H and O–H groups in total. The van der Waals surface area contributed by atoms with Crippen molar-refractivity contribution >= 4 is 21.8 Å². The average molecular weight is 427 g/mol. The van der Waals surface area contributed by atoms with E-state index in [1.807, 2.05) is 9.80 Å². The number of rotatable bonds is 8. The predicted octanol–water partition coefficient (Wildman–Crippen LogP) is 0.261. The normalized spacial score (nSPS) is 18.9. The number of benzene rings is 1. The number of halogens is 1. The van der Waals surface area contributed by atoms with Crippen molar-refractivity contribution in [3.8, 4) is 0 Å². The van der Waals surface area contributed by atoms with Crippen LogP contribution in [-0.4, -0.2) is 86.7 Å². The van der Waals surface area contributed by atoms with Crippen LogP contribution in [0.5, 0.6) is 0 Å². The zero-order valence-electron chi connectivity index (χ0n) is 16.3. The Bertz CT molecular complexity index is 840. The number of carbonyl (C=O) groups excluding carboxylic acids is 2. The minimum atomic E-state index is -3.73. The van der Waals surface area contributed by atoms with E-state index in [9.17, 15) is 22.4 Å². The summed E-state index contributed by atoms with van der Waals surface area (Å²) in [5.74, 6) is -0.517. The van der Waals surface area contributed by atoms with Crippen LogP contribution in [0.2, 0.25) is 0 Å². The van der Waals surface area contributed by atoms with Crippen LogP contribution in [0.25, 0.3) is 0 Å². The maximum atomic E-state index is 13.3. The largest absolute Gasteiger partial charge is 0.355 e. The van der Waals surface area contributed by atoms with Crippen LogP contribution in [0.4, 0.5) is 4.39 Å². The highest BCUT2D eigenvalue weighted by molar-refractivity contribution is 7.89. The minimum Gasteiger partial charge on any atom is -0.355 e. The van der Waals surface area contributed by atoms with Crippen molar-refractivity contribution in [1.29, 1.82) is 0 Å². The molecule has 3 rings (SSSR count). The van der Waals surface area contributed by atoms with Gasteiger partial charge in [-0.05, 0) is 31.0 Å². The van der Waals surface area contributed by atoms with Gasteiger partial charge in [-0.2, -0.15) is 4.31 Å². The fourth-order valence-electron chi connectivity index (χ4n) is 3.60. The molecule has 0 radical (unpaired) electrons. The molecule has 0 atom stereocenters. The Balaban J connectivity index is 1.38. The summed E-state index contributed by atoms with van der Waals surface area (Å²) in [5, 5.41) is 2.85. The van der Waals surface area contributed by atoms with Gasteiger partial charge in [0.15, 0.2) is 0 Å². The van der Waals surface area contributed by atoms with Gasteiger partial charge >= 0.3 is 0 Å². The number of sulfonamides is 1. The molecule has 2 saturated heterocycles. The Morgan fingerprint density at radius 1 is 1.14 bits per heavy atom. The molecule has 2 fully saturated rings. The maximum absolute atomic E-state index is 13.3. The van der Waals surface area contributed by atoms with Crippen LogP contribution in [0, 0.1) is 5.82 Å². The standard InChI is InChI=1S/C19H27FN4O4S/c20-16-4-1-5-17(14-16)29(27,28)24-12-10-22(11-13-24)15-18(25)21-7-3-9-23-8-2-6-19(23)26/h1,4-5,14H,2-3,6-13,15H2,(H,21,25). The van der Waals surface area contributed by atoms with Crippen LogP contribution in [-0.2, 0) is 19.6 Å². The van der Waals surface area contributed by atoms with Gasteiger partial charge in [0.05, 0.1) is 11.4 Å². The van der Waals surface area contributed by atoms with Gasteiger partial charge in [0, 0.05) is 52.2 Å². The molecule has 2 aliphatic rings. The molecule has 1 aromatic rings. The van der Waals surface area contributed by atoms with Gasteiger partial charge in [0.25, 0.3) is 0 Å². The van der Waals surface area contributed by atoms with Gasteiger partial charge in [-0.15, -0.1) is 0 Å². The number of likely N-dealkylation sites (tertiary alicyclic amines) is 1. The number of piperazine rings is 1. The lowest BCUT2D eigenvalue weighted by Gasteiger charge is -2.33. The number of amides is 2. The van der Waals surface area contributed by atoms with E-state index in [1.54, 1.807) is 0 Å². The smallest absolute Gasteiger partial charge is 0.243 e. The van der Waals surface area contributed by atoms with Crippen molar-refractivity contribution in [3.63, 3.8) is 0 Å². The molecule has 2 aliphatic heterocycles. The van der Waals surface area contributed by atoms with E-state index in [1.165, 1.54) is 22.5 Å². The Labute approximate surface area is 170 Å². The topological polar surface area (TPSA) is 90.0 Å². The first kappa shape index (κ1) is 21.7. The molecule has 10 heteroatoms. The molecule has 8 nitrogen and oxygen atoms in total. The summed E-state index contributed by atoms with van der Waals surface area (Å²) in [7, 11) is -3.73. The van der Waals surface area contributed by atoms with Crippen molar-refractivity contribution in [2.45, 2.75) is 24.2 Å². The molecule has 0 bridgehead atoms. The van der Waals surface area contributed by atoms with Crippen LogP contribution in [0.3, 0.4) is 0 Å². The summed E-state index contributed by atoms with van der Waals surface area (Å²) in [4.78, 5) is 27.3. The van der Waals surface area contributed by atoms with Gasteiger partial charge in [-0.25, -0.2) is 12.8 Å². The van der Waals surface area contributed by atoms with Crippen molar-refractivity contribution in [1.82, 2.24) is 19.4 Å². The van der Waals surface area contributed by atoms with E-state index >= 15 is 0 Å². The molecule has 160 valence electrons. The quantitative estimate of drug-likeness (QED) is 0.603. The SMILES string of the molecule is O=C(CN1CCN(S(=O)(=O)c2cccc(F)c2)CC1)NCCCN1CCCC1=O. The van der Waals surface area contributed by atoms with E-state index in [0.29, 0.717) is 32.6 Å². The van der Waals surface area contributed by atoms with Crippen molar-refractivity contribution in [2.24, 2.45) is 0 Å². The summed E-state index contributed by atoms with van der Waals surface area (Å²) in [6.45, 7) is 3.55. The third-order valence-corrected chi connectivity index (χ3v) is 7.13. The summed E-state index contributed by atoms with van der Waals surface area (Å²) >= 11 is 0. The van der Waals surface area contributed by atoms with Crippen LogP contribution < -0.4 is 5.32 Å². The van der Waals surface area contributed by atoms with E-state index in [-0.39, 0.29) is 36.3 Å². The summed E-state index contributed by atoms with van der Waals surface area (Å²) in [5.41, 5.74) is 0. The average Bonchev–Trinajstić information content (AvgIpc) is 3.10. The summed E-state index contributed by atoms with van der Waals surface area (Å²) in [6, 6.07) is 4.99. The van der Waals surface area contributed by atoms with Gasteiger partial charge < -0.3 is 10.2 Å². The molecule has 0 spiro atoms. The zero-order chi connectivity index (χ0) is 20.9. The van der Waals surface area contributed by atoms with Gasteiger partial charge in [0.1, 0.15) is 5.82 Å². The summed E-state index contributed by atoms with van der Waals surface area (Å²) in [6.07, 6.45) is 2.25. The molecule has 2 amide bonds. The highest BCUT2D eigenvalue weighted by Crippen LogP contribution is 2.18. The minimum absolute atomic E-state index is 0.0554. The molecule has 0 aromatic heterocycles. The van der Waals surface area contributed by atoms with Crippen LogP contribution in [0.15, 0.2) is 29.2 Å². The van der Waals surface area contributed by atoms with Crippen molar-refractivity contribution in [3.05, 3.63) is 30.1 Å². The first-order chi connectivity index (χ1) is 13.9. The fourth-order valence-corrected chi connectivity index (χ4v) is 5.06. The van der Waals surface area contributed by atoms with Crippen LogP contribution in [0.1, 0.15) is 19.3 Å². The monoisotopic (exact) mass is 426 g/mol. The predicted molar refractivity (Wildman–Crippen MR) is 105 cm³/mol. The van der Waals surface area contributed by atoms with Gasteiger partial charge in [-0.3, -0.25) is 14.5 Å². The number of nitrogens with one attached hydrogen (secondary N) is 1. The zero-order valence-corrected chi connectivity index (χ0v) is 17.2. The van der Waals surface area contributed by atoms with E-state index in [0.717, 1.165) is 25.5 Å². The van der Waals surface area contributed by atoms with Crippen molar-refractivity contribution < 1.29 is 22.4 Å². The van der Waals surface area contributed by atoms with Gasteiger partial charge in [0.2, 0.25) is 21.8 Å². The lowest BCUT2D eigenvalue weighted by molar-refractivity contribution is -0.127. The third-order valence-electron chi connectivity index (χ3n) is 5.23. The Kier molecular flexibility index (Phi) is 7.20. The third kappa shape index (κ3) is 5.74. The fraction of sp³-hybridized carbons (Fsp3) is 0.579. The molecule has 2 heterocycles. The number of carbonyl (C=O) groups is 2.